The number of amides is 1. The number of ether oxygens (including phenoxy) is 1. The molecule has 5 heteroatoms. The molecule has 0 bridgehead atoms. The molecule has 5 nitrogen and oxygen atoms in total. The predicted molar refractivity (Wildman–Crippen MR) is 91.7 cm³/mol. The molecule has 0 saturated carbocycles. The van der Waals surface area contributed by atoms with E-state index in [4.69, 9.17) is 4.74 Å². The molecule has 0 N–H and O–H groups in total. The van der Waals surface area contributed by atoms with Crippen LogP contribution in [0.2, 0.25) is 0 Å². The number of nitrogens with zero attached hydrogens (tertiary/aromatic N) is 3. The first-order chi connectivity index (χ1) is 11.8. The summed E-state index contributed by atoms with van der Waals surface area (Å²) in [5.41, 5.74) is 1.10. The molecule has 0 aliphatic carbocycles. The molecule has 2 aromatic rings. The highest BCUT2D eigenvalue weighted by atomic mass is 16.5. The first-order valence-corrected chi connectivity index (χ1v) is 8.56. The predicted octanol–water partition coefficient (Wildman–Crippen LogP) is 3.04. The lowest BCUT2D eigenvalue weighted by atomic mass is 9.94. The van der Waals surface area contributed by atoms with Crippen LogP contribution in [-0.2, 0) is 4.79 Å². The zero-order valence-electron chi connectivity index (χ0n) is 14.0. The highest BCUT2D eigenvalue weighted by molar-refractivity contribution is 5.83. The number of aromatic nitrogens is 2. The molecule has 1 aromatic carbocycles. The summed E-state index contributed by atoms with van der Waals surface area (Å²) in [6, 6.07) is 13.7. The zero-order valence-corrected chi connectivity index (χ0v) is 14.0. The smallest absolute Gasteiger partial charge is 0.233 e. The molecule has 1 aliphatic rings. The molecule has 3 rings (SSSR count). The van der Waals surface area contributed by atoms with Crippen LogP contribution >= 0.6 is 0 Å². The van der Waals surface area contributed by atoms with E-state index in [-0.39, 0.29) is 17.9 Å². The van der Waals surface area contributed by atoms with Crippen molar-refractivity contribution < 1.29 is 9.53 Å². The van der Waals surface area contributed by atoms with E-state index in [1.54, 1.807) is 6.20 Å². The second kappa shape index (κ2) is 7.90. The van der Waals surface area contributed by atoms with E-state index in [9.17, 15) is 4.79 Å². The van der Waals surface area contributed by atoms with Crippen LogP contribution in [0.5, 0.6) is 5.88 Å². The number of hydrogen-bond acceptors (Lipinski definition) is 4. The molecule has 2 heterocycles. The fraction of sp³-hybridized carbons (Fsp3) is 0.421. The summed E-state index contributed by atoms with van der Waals surface area (Å²) in [5, 5.41) is 7.78. The van der Waals surface area contributed by atoms with E-state index >= 15 is 0 Å². The topological polar surface area (TPSA) is 55.3 Å². The summed E-state index contributed by atoms with van der Waals surface area (Å²) < 4.78 is 5.84. The Balaban J connectivity index is 1.56. The SMILES string of the molecule is CCC(C(=O)N1CCC(Oc2cccnn2)CC1)c1ccccc1. The van der Waals surface area contributed by atoms with Crippen LogP contribution in [0.25, 0.3) is 0 Å². The first-order valence-electron chi connectivity index (χ1n) is 8.56. The molecule has 1 atom stereocenters. The van der Waals surface area contributed by atoms with Crippen molar-refractivity contribution >= 4 is 5.91 Å². The Kier molecular flexibility index (Phi) is 5.41. The lowest BCUT2D eigenvalue weighted by molar-refractivity contribution is -0.134. The summed E-state index contributed by atoms with van der Waals surface area (Å²) in [6.45, 7) is 3.53. The second-order valence-electron chi connectivity index (χ2n) is 6.08. The van der Waals surface area contributed by atoms with Gasteiger partial charge in [-0.3, -0.25) is 4.79 Å². The second-order valence-corrected chi connectivity index (χ2v) is 6.08. The number of carbonyl (C=O) groups is 1. The Morgan fingerprint density at radius 3 is 2.58 bits per heavy atom. The highest BCUT2D eigenvalue weighted by Crippen LogP contribution is 2.25. The van der Waals surface area contributed by atoms with Gasteiger partial charge in [-0.15, -0.1) is 5.10 Å². The molecule has 1 saturated heterocycles. The van der Waals surface area contributed by atoms with Gasteiger partial charge in [0.05, 0.1) is 5.92 Å². The fourth-order valence-electron chi connectivity index (χ4n) is 3.17. The molecule has 1 aliphatic heterocycles. The Hall–Kier alpha value is -2.43. The molecule has 1 unspecified atom stereocenters. The van der Waals surface area contributed by atoms with E-state index in [1.807, 2.05) is 47.4 Å². The van der Waals surface area contributed by atoms with Crippen LogP contribution in [0.1, 0.15) is 37.7 Å². The highest BCUT2D eigenvalue weighted by Gasteiger charge is 2.29. The van der Waals surface area contributed by atoms with Gasteiger partial charge < -0.3 is 9.64 Å². The Morgan fingerprint density at radius 1 is 1.21 bits per heavy atom. The largest absolute Gasteiger partial charge is 0.473 e. The molecule has 0 radical (unpaired) electrons. The molecule has 126 valence electrons. The summed E-state index contributed by atoms with van der Waals surface area (Å²) in [7, 11) is 0. The lowest BCUT2D eigenvalue weighted by Gasteiger charge is -2.34. The van der Waals surface area contributed by atoms with Crippen LogP contribution in [0, 0.1) is 0 Å². The third-order valence-electron chi connectivity index (χ3n) is 4.50. The molecule has 1 fully saturated rings. The van der Waals surface area contributed by atoms with Crippen LogP contribution in [-0.4, -0.2) is 40.2 Å². The van der Waals surface area contributed by atoms with E-state index in [0.29, 0.717) is 5.88 Å². The van der Waals surface area contributed by atoms with Crippen molar-refractivity contribution in [2.24, 2.45) is 0 Å². The normalized spacial score (nSPS) is 16.6. The number of piperidine rings is 1. The van der Waals surface area contributed by atoms with Crippen LogP contribution in [0.3, 0.4) is 0 Å². The van der Waals surface area contributed by atoms with Gasteiger partial charge in [-0.1, -0.05) is 37.3 Å². The Morgan fingerprint density at radius 2 is 1.96 bits per heavy atom. The minimum atomic E-state index is -0.0522. The van der Waals surface area contributed by atoms with Gasteiger partial charge in [0.15, 0.2) is 0 Å². The van der Waals surface area contributed by atoms with Crippen molar-refractivity contribution in [3.8, 4) is 5.88 Å². The first kappa shape index (κ1) is 16.4. The van der Waals surface area contributed by atoms with Crippen molar-refractivity contribution in [3.63, 3.8) is 0 Å². The van der Waals surface area contributed by atoms with Crippen molar-refractivity contribution in [2.45, 2.75) is 38.2 Å². The van der Waals surface area contributed by atoms with Crippen molar-refractivity contribution in [2.75, 3.05) is 13.1 Å². The van der Waals surface area contributed by atoms with E-state index in [1.165, 1.54) is 0 Å². The summed E-state index contributed by atoms with van der Waals surface area (Å²) in [4.78, 5) is 14.8. The minimum Gasteiger partial charge on any atom is -0.473 e. The monoisotopic (exact) mass is 325 g/mol. The van der Waals surface area contributed by atoms with E-state index in [0.717, 1.165) is 37.9 Å². The molecular formula is C19H23N3O2. The molecule has 0 spiro atoms. The average Bonchev–Trinajstić information content (AvgIpc) is 2.65. The summed E-state index contributed by atoms with van der Waals surface area (Å²) in [6.07, 6.45) is 4.20. The van der Waals surface area contributed by atoms with Crippen molar-refractivity contribution in [3.05, 3.63) is 54.2 Å². The zero-order chi connectivity index (χ0) is 16.8. The van der Waals surface area contributed by atoms with Gasteiger partial charge in [0.1, 0.15) is 6.10 Å². The number of carbonyl (C=O) groups excluding carboxylic acids is 1. The van der Waals surface area contributed by atoms with Gasteiger partial charge in [-0.2, -0.15) is 5.10 Å². The van der Waals surface area contributed by atoms with Gasteiger partial charge in [-0.25, -0.2) is 0 Å². The summed E-state index contributed by atoms with van der Waals surface area (Å²) >= 11 is 0. The number of hydrogen-bond donors (Lipinski definition) is 0. The Labute approximate surface area is 142 Å². The molecule has 1 amide bonds. The maximum absolute atomic E-state index is 12.9. The quantitative estimate of drug-likeness (QED) is 0.848. The van der Waals surface area contributed by atoms with E-state index in [2.05, 4.69) is 17.1 Å². The van der Waals surface area contributed by atoms with Crippen LogP contribution < -0.4 is 4.74 Å². The van der Waals surface area contributed by atoms with Crippen LogP contribution in [0.4, 0.5) is 0 Å². The van der Waals surface area contributed by atoms with Gasteiger partial charge in [-0.05, 0) is 18.1 Å². The minimum absolute atomic E-state index is 0.0522. The van der Waals surface area contributed by atoms with Crippen molar-refractivity contribution in [1.82, 2.24) is 15.1 Å². The van der Waals surface area contributed by atoms with Gasteiger partial charge in [0.2, 0.25) is 11.8 Å². The number of likely N-dealkylation sites (tertiary alicyclic amines) is 1. The van der Waals surface area contributed by atoms with Gasteiger partial charge in [0, 0.05) is 38.2 Å². The molecule has 1 aromatic heterocycles. The van der Waals surface area contributed by atoms with Crippen LogP contribution in [0.15, 0.2) is 48.7 Å². The Bertz CT molecular complexity index is 640. The maximum atomic E-state index is 12.9. The summed E-state index contributed by atoms with van der Waals surface area (Å²) in [5.74, 6) is 0.725. The maximum Gasteiger partial charge on any atom is 0.233 e. The van der Waals surface area contributed by atoms with Gasteiger partial charge in [0.25, 0.3) is 0 Å². The lowest BCUT2D eigenvalue weighted by Crippen LogP contribution is -2.43. The van der Waals surface area contributed by atoms with Gasteiger partial charge >= 0.3 is 0 Å². The average molecular weight is 325 g/mol. The third kappa shape index (κ3) is 3.91. The number of benzene rings is 1. The van der Waals surface area contributed by atoms with E-state index < -0.39 is 0 Å². The fourth-order valence-corrected chi connectivity index (χ4v) is 3.17. The number of rotatable bonds is 5. The molecule has 24 heavy (non-hydrogen) atoms. The molecular weight excluding hydrogens is 302 g/mol. The third-order valence-corrected chi connectivity index (χ3v) is 4.50. The standard InChI is InChI=1S/C19H23N3O2/c1-2-17(15-7-4-3-5-8-15)19(23)22-13-10-16(11-14-22)24-18-9-6-12-20-21-18/h3-9,12,16-17H,2,10-11,13-14H2,1H3. The van der Waals surface area contributed by atoms with Crippen molar-refractivity contribution in [1.29, 1.82) is 0 Å².